The van der Waals surface area contributed by atoms with E-state index < -0.39 is 0 Å². The molecule has 244 valence electrons. The molecule has 3 heterocycles. The Balaban J connectivity index is 0.908. The monoisotopic (exact) mass is 675 g/mol. The van der Waals surface area contributed by atoms with Crippen LogP contribution in [0.1, 0.15) is 31.4 Å². The fourth-order valence-electron chi connectivity index (χ4n) is 4.72. The Morgan fingerprint density at radius 3 is 2.39 bits per heavy atom. The van der Waals surface area contributed by atoms with E-state index in [1.807, 2.05) is 11.8 Å². The third kappa shape index (κ3) is 11.7. The third-order valence-corrected chi connectivity index (χ3v) is 8.76. The van der Waals surface area contributed by atoms with Crippen LogP contribution in [0, 0.1) is 0 Å². The number of ether oxygens (including phenoxy) is 4. The molecule has 0 unspecified atom stereocenters. The smallest absolute Gasteiger partial charge is 0.315 e. The first-order chi connectivity index (χ1) is 21.4. The molecule has 0 spiro atoms. The van der Waals surface area contributed by atoms with E-state index in [0.717, 1.165) is 29.9 Å². The number of hydrogen-bond acceptors (Lipinski definition) is 9. The van der Waals surface area contributed by atoms with Crippen molar-refractivity contribution < 1.29 is 33.4 Å². The summed E-state index contributed by atoms with van der Waals surface area (Å²) in [7, 11) is 0. The SMILES string of the molecule is O=C(CCCC[C@@H]1SC[C@@H]2NC(=O)N[C@@H]21)NCCOCCOCCOCCOn1[nH]c(COc2cc(Cl)cc(Cl)c2)cc1=O. The molecule has 1 aromatic heterocycles. The molecule has 0 bridgehead atoms. The van der Waals surface area contributed by atoms with Gasteiger partial charge in [0.15, 0.2) is 0 Å². The number of aromatic nitrogens is 2. The number of halogens is 2. The third-order valence-electron chi connectivity index (χ3n) is 6.81. The lowest BCUT2D eigenvalue weighted by molar-refractivity contribution is -0.121. The van der Waals surface area contributed by atoms with E-state index in [2.05, 4.69) is 21.0 Å². The molecular formula is C28H39Cl2N5O8S. The number of carbonyl (C=O) groups excluding carboxylic acids is 2. The molecule has 44 heavy (non-hydrogen) atoms. The molecule has 2 aliphatic rings. The van der Waals surface area contributed by atoms with Gasteiger partial charge < -0.3 is 39.7 Å². The number of nitrogens with one attached hydrogen (secondary N) is 4. The Labute approximate surface area is 269 Å². The number of benzene rings is 1. The van der Waals surface area contributed by atoms with Gasteiger partial charge in [0.2, 0.25) is 5.91 Å². The number of thioether (sulfide) groups is 1. The van der Waals surface area contributed by atoms with Crippen molar-refractivity contribution in [2.24, 2.45) is 0 Å². The standard InChI is InChI=1S/C28H39Cl2N5O8S/c29-19-13-20(30)15-22(14-19)42-17-21-16-26(37)35(34-21)43-12-11-41-10-9-40-8-7-39-6-5-31-25(36)4-2-1-3-24-27-23(18-44-24)32-28(38)33-27/h13-16,23-24,27,34H,1-12,17-18H2,(H,31,36)(H2,32,33,38)/t23-,24-,27-/m0/s1. The maximum absolute atomic E-state index is 12.1. The van der Waals surface area contributed by atoms with Gasteiger partial charge in [-0.15, -0.1) is 0 Å². The number of urea groups is 1. The topological polar surface area (TPSA) is 154 Å². The van der Waals surface area contributed by atoms with Gasteiger partial charge in [0.25, 0.3) is 0 Å². The molecule has 0 saturated carbocycles. The van der Waals surface area contributed by atoms with Crippen LogP contribution in [0.25, 0.3) is 0 Å². The summed E-state index contributed by atoms with van der Waals surface area (Å²) in [5.41, 5.74) is 0.163. The van der Waals surface area contributed by atoms with Gasteiger partial charge in [-0.1, -0.05) is 34.5 Å². The van der Waals surface area contributed by atoms with Crippen molar-refractivity contribution in [1.29, 1.82) is 0 Å². The summed E-state index contributed by atoms with van der Waals surface area (Å²) in [6, 6.07) is 6.61. The Bertz CT molecular complexity index is 1240. The molecule has 13 nitrogen and oxygen atoms in total. The van der Waals surface area contributed by atoms with Crippen LogP contribution in [0.2, 0.25) is 10.0 Å². The maximum Gasteiger partial charge on any atom is 0.315 e. The summed E-state index contributed by atoms with van der Waals surface area (Å²) in [5.74, 6) is 1.46. The van der Waals surface area contributed by atoms with Gasteiger partial charge in [0.1, 0.15) is 19.0 Å². The summed E-state index contributed by atoms with van der Waals surface area (Å²) in [5, 5.41) is 13.0. The lowest BCUT2D eigenvalue weighted by atomic mass is 10.0. The number of amides is 3. The molecule has 0 aliphatic carbocycles. The van der Waals surface area contributed by atoms with E-state index in [4.69, 9.17) is 47.0 Å². The molecule has 1 aromatic carbocycles. The zero-order valence-corrected chi connectivity index (χ0v) is 26.6. The van der Waals surface area contributed by atoms with E-state index in [-0.39, 0.29) is 49.4 Å². The van der Waals surface area contributed by atoms with E-state index in [9.17, 15) is 14.4 Å². The van der Waals surface area contributed by atoms with Crippen LogP contribution in [0.5, 0.6) is 5.75 Å². The molecule has 4 rings (SSSR count). The molecule has 2 fully saturated rings. The minimum absolute atomic E-state index is 0.0222. The zero-order valence-electron chi connectivity index (χ0n) is 24.3. The summed E-state index contributed by atoms with van der Waals surface area (Å²) in [6.07, 6.45) is 3.27. The molecule has 3 amide bonds. The van der Waals surface area contributed by atoms with Crippen molar-refractivity contribution in [2.75, 3.05) is 58.5 Å². The molecule has 2 aromatic rings. The minimum atomic E-state index is -0.359. The first-order valence-electron chi connectivity index (χ1n) is 14.6. The predicted molar refractivity (Wildman–Crippen MR) is 167 cm³/mol. The highest BCUT2D eigenvalue weighted by Crippen LogP contribution is 2.33. The summed E-state index contributed by atoms with van der Waals surface area (Å²) in [4.78, 5) is 41.9. The molecule has 4 N–H and O–H groups in total. The fraction of sp³-hybridized carbons (Fsp3) is 0.607. The number of unbranched alkanes of at least 4 members (excludes halogenated alkanes) is 1. The van der Waals surface area contributed by atoms with E-state index in [1.54, 1.807) is 18.2 Å². The van der Waals surface area contributed by atoms with Gasteiger partial charge in [0, 0.05) is 40.1 Å². The number of rotatable bonds is 21. The van der Waals surface area contributed by atoms with Crippen LogP contribution in [0.3, 0.4) is 0 Å². The van der Waals surface area contributed by atoms with Gasteiger partial charge in [-0.05, 0) is 31.0 Å². The van der Waals surface area contributed by atoms with Gasteiger partial charge in [-0.25, -0.2) is 4.79 Å². The molecule has 3 atom stereocenters. The number of carbonyl (C=O) groups is 2. The Hall–Kier alpha value is -2.62. The van der Waals surface area contributed by atoms with Gasteiger partial charge in [0.05, 0.1) is 57.4 Å². The Kier molecular flexibility index (Phi) is 14.3. The first-order valence-corrected chi connectivity index (χ1v) is 16.4. The van der Waals surface area contributed by atoms with Gasteiger partial charge >= 0.3 is 11.6 Å². The molecule has 2 aliphatic heterocycles. The van der Waals surface area contributed by atoms with Crippen molar-refractivity contribution in [3.8, 4) is 5.75 Å². The number of aromatic amines is 1. The highest BCUT2D eigenvalue weighted by molar-refractivity contribution is 8.00. The van der Waals surface area contributed by atoms with Crippen molar-refractivity contribution in [1.82, 2.24) is 25.9 Å². The van der Waals surface area contributed by atoms with Crippen LogP contribution >= 0.6 is 35.0 Å². The molecular weight excluding hydrogens is 637 g/mol. The van der Waals surface area contributed by atoms with Crippen LogP contribution in [-0.4, -0.2) is 97.8 Å². The average molecular weight is 677 g/mol. The lowest BCUT2D eigenvalue weighted by Gasteiger charge is -2.16. The Morgan fingerprint density at radius 2 is 1.64 bits per heavy atom. The number of nitrogens with zero attached hydrogens (tertiary/aromatic N) is 1. The number of H-pyrrole nitrogens is 1. The van der Waals surface area contributed by atoms with E-state index in [1.165, 1.54) is 6.07 Å². The van der Waals surface area contributed by atoms with E-state index >= 15 is 0 Å². The fourth-order valence-corrected chi connectivity index (χ4v) is 6.77. The molecule has 2 saturated heterocycles. The Morgan fingerprint density at radius 1 is 0.932 bits per heavy atom. The van der Waals surface area contributed by atoms with E-state index in [0.29, 0.717) is 72.7 Å². The van der Waals surface area contributed by atoms with Gasteiger partial charge in [-0.2, -0.15) is 11.8 Å². The van der Waals surface area contributed by atoms with Crippen LogP contribution in [-0.2, 0) is 25.6 Å². The molecule has 16 heteroatoms. The first kappa shape index (κ1) is 34.3. The average Bonchev–Trinajstić information content (AvgIpc) is 3.65. The second-order valence-electron chi connectivity index (χ2n) is 10.2. The molecule has 0 radical (unpaired) electrons. The number of hydrogen-bond donors (Lipinski definition) is 4. The lowest BCUT2D eigenvalue weighted by Crippen LogP contribution is -2.36. The van der Waals surface area contributed by atoms with Crippen molar-refractivity contribution in [3.05, 3.63) is 50.4 Å². The number of fused-ring (bicyclic) bond motifs is 1. The van der Waals surface area contributed by atoms with Crippen molar-refractivity contribution in [3.63, 3.8) is 0 Å². The maximum atomic E-state index is 12.1. The second-order valence-corrected chi connectivity index (χ2v) is 12.3. The van der Waals surface area contributed by atoms with Crippen molar-refractivity contribution in [2.45, 2.75) is 49.6 Å². The van der Waals surface area contributed by atoms with Crippen molar-refractivity contribution >= 4 is 46.9 Å². The van der Waals surface area contributed by atoms with Crippen LogP contribution in [0.15, 0.2) is 29.1 Å². The van der Waals surface area contributed by atoms with Crippen LogP contribution < -0.4 is 31.1 Å². The minimum Gasteiger partial charge on any atom is -0.487 e. The zero-order chi connectivity index (χ0) is 31.1. The van der Waals surface area contributed by atoms with Gasteiger partial charge in [-0.3, -0.25) is 14.7 Å². The largest absolute Gasteiger partial charge is 0.487 e. The quantitative estimate of drug-likeness (QED) is 0.115. The summed E-state index contributed by atoms with van der Waals surface area (Å²) in [6.45, 7) is 3.00. The normalized spacial score (nSPS) is 19.0. The summed E-state index contributed by atoms with van der Waals surface area (Å²) < 4.78 is 22.0. The highest BCUT2D eigenvalue weighted by Gasteiger charge is 2.42. The highest BCUT2D eigenvalue weighted by atomic mass is 35.5. The summed E-state index contributed by atoms with van der Waals surface area (Å²) >= 11 is 13.8. The van der Waals surface area contributed by atoms with Crippen LogP contribution in [0.4, 0.5) is 4.79 Å². The predicted octanol–water partition coefficient (Wildman–Crippen LogP) is 2.38. The second kappa shape index (κ2) is 18.4.